The van der Waals surface area contributed by atoms with Crippen LogP contribution >= 0.6 is 0 Å². The number of nitrogens with two attached hydrogens (primary N) is 1. The summed E-state index contributed by atoms with van der Waals surface area (Å²) < 4.78 is 1.47. The number of nitrogens with zero attached hydrogens (tertiary/aromatic N) is 2. The van der Waals surface area contributed by atoms with Crippen LogP contribution in [0.3, 0.4) is 0 Å². The fraction of sp³-hybridized carbons (Fsp3) is 0.208. The first kappa shape index (κ1) is 19.5. The van der Waals surface area contributed by atoms with Gasteiger partial charge in [-0.25, -0.2) is 0 Å². The van der Waals surface area contributed by atoms with Gasteiger partial charge in [-0.3, -0.25) is 10.2 Å². The number of benzene rings is 2. The summed E-state index contributed by atoms with van der Waals surface area (Å²) >= 11 is 0. The minimum absolute atomic E-state index is 0.135. The maximum absolute atomic E-state index is 12.0. The molecule has 0 saturated heterocycles. The van der Waals surface area contributed by atoms with Crippen LogP contribution in [0.1, 0.15) is 46.7 Å². The van der Waals surface area contributed by atoms with Gasteiger partial charge in [-0.05, 0) is 66.8 Å². The summed E-state index contributed by atoms with van der Waals surface area (Å²) in [4.78, 5) is 12.0. The number of hydrogen-bond donors (Lipinski definition) is 3. The lowest BCUT2D eigenvalue weighted by Gasteiger charge is -2.27. The fourth-order valence-corrected chi connectivity index (χ4v) is 3.96. The van der Waals surface area contributed by atoms with Crippen LogP contribution in [-0.2, 0) is 13.5 Å². The van der Waals surface area contributed by atoms with E-state index in [1.165, 1.54) is 21.8 Å². The zero-order chi connectivity index (χ0) is 21.3. The van der Waals surface area contributed by atoms with Gasteiger partial charge in [0.25, 0.3) is 5.56 Å². The summed E-state index contributed by atoms with van der Waals surface area (Å²) in [6.45, 7) is 0. The summed E-state index contributed by atoms with van der Waals surface area (Å²) in [7, 11) is 1.68. The van der Waals surface area contributed by atoms with Crippen LogP contribution in [0.5, 0.6) is 0 Å². The molecule has 6 nitrogen and oxygen atoms in total. The van der Waals surface area contributed by atoms with Crippen molar-refractivity contribution in [1.29, 1.82) is 10.7 Å². The van der Waals surface area contributed by atoms with Gasteiger partial charge in [0.05, 0.1) is 23.4 Å². The third kappa shape index (κ3) is 3.70. The lowest BCUT2D eigenvalue weighted by molar-refractivity contribution is 0.600. The molecule has 4 N–H and O–H groups in total. The van der Waals surface area contributed by atoms with Gasteiger partial charge in [0.2, 0.25) is 0 Å². The highest BCUT2D eigenvalue weighted by Crippen LogP contribution is 2.34. The molecule has 1 heterocycles. The van der Waals surface area contributed by atoms with E-state index in [0.717, 1.165) is 24.9 Å². The molecule has 0 aliphatic heterocycles. The predicted molar refractivity (Wildman–Crippen MR) is 119 cm³/mol. The van der Waals surface area contributed by atoms with Crippen molar-refractivity contribution in [2.24, 2.45) is 7.05 Å². The summed E-state index contributed by atoms with van der Waals surface area (Å²) in [5, 5.41) is 21.3. The Balaban J connectivity index is 1.63. The largest absolute Gasteiger partial charge is 0.398 e. The van der Waals surface area contributed by atoms with E-state index >= 15 is 0 Å². The Morgan fingerprint density at radius 3 is 2.83 bits per heavy atom. The van der Waals surface area contributed by atoms with E-state index < -0.39 is 0 Å². The van der Waals surface area contributed by atoms with E-state index in [1.807, 2.05) is 30.3 Å². The minimum Gasteiger partial charge on any atom is -0.398 e. The number of nitrogens with one attached hydrogen (secondary N) is 2. The zero-order valence-corrected chi connectivity index (χ0v) is 16.8. The number of aryl methyl sites for hydroxylation is 2. The Kier molecular flexibility index (Phi) is 5.11. The number of aromatic nitrogens is 1. The second kappa shape index (κ2) is 7.88. The van der Waals surface area contributed by atoms with E-state index in [0.29, 0.717) is 22.4 Å². The van der Waals surface area contributed by atoms with Gasteiger partial charge in [0.1, 0.15) is 0 Å². The molecule has 30 heavy (non-hydrogen) atoms. The van der Waals surface area contributed by atoms with Crippen molar-refractivity contribution < 1.29 is 0 Å². The van der Waals surface area contributed by atoms with Crippen LogP contribution in [0.2, 0.25) is 0 Å². The number of nitrogen functional groups attached to an aromatic ring is 1. The molecule has 1 aliphatic rings. The molecule has 1 unspecified atom stereocenters. The lowest BCUT2D eigenvalue weighted by Crippen LogP contribution is -2.19. The number of rotatable bonds is 4. The van der Waals surface area contributed by atoms with E-state index in [1.54, 1.807) is 25.4 Å². The Morgan fingerprint density at radius 1 is 1.23 bits per heavy atom. The highest BCUT2D eigenvalue weighted by atomic mass is 16.1. The molecule has 0 amide bonds. The van der Waals surface area contributed by atoms with Gasteiger partial charge < -0.3 is 15.6 Å². The van der Waals surface area contributed by atoms with Gasteiger partial charge >= 0.3 is 0 Å². The van der Waals surface area contributed by atoms with Crippen molar-refractivity contribution in [3.63, 3.8) is 0 Å². The monoisotopic (exact) mass is 397 g/mol. The predicted octanol–water partition coefficient (Wildman–Crippen LogP) is 3.74. The molecule has 150 valence electrons. The zero-order valence-electron chi connectivity index (χ0n) is 16.8. The number of fused-ring (bicyclic) bond motifs is 1. The molecule has 3 aromatic rings. The van der Waals surface area contributed by atoms with Crippen LogP contribution in [0.4, 0.5) is 11.4 Å². The van der Waals surface area contributed by atoms with Crippen molar-refractivity contribution in [2.45, 2.75) is 25.3 Å². The van der Waals surface area contributed by atoms with Crippen molar-refractivity contribution in [3.05, 3.63) is 92.9 Å². The highest BCUT2D eigenvalue weighted by molar-refractivity contribution is 6.14. The number of hydrogen-bond acceptors (Lipinski definition) is 5. The first-order valence-electron chi connectivity index (χ1n) is 9.91. The normalized spacial score (nSPS) is 15.1. The number of anilines is 2. The third-order valence-electron chi connectivity index (χ3n) is 5.64. The molecule has 6 heteroatoms. The topological polar surface area (TPSA) is 108 Å². The van der Waals surface area contributed by atoms with Gasteiger partial charge in [0.15, 0.2) is 0 Å². The first-order valence-corrected chi connectivity index (χ1v) is 9.91. The Hall–Kier alpha value is -3.85. The Morgan fingerprint density at radius 2 is 2.07 bits per heavy atom. The van der Waals surface area contributed by atoms with Gasteiger partial charge in [-0.2, -0.15) is 5.26 Å². The van der Waals surface area contributed by atoms with Crippen molar-refractivity contribution in [3.8, 4) is 6.07 Å². The molecule has 1 atom stereocenters. The molecule has 1 aliphatic carbocycles. The second-order valence-electron chi connectivity index (χ2n) is 7.66. The van der Waals surface area contributed by atoms with Crippen LogP contribution in [0.15, 0.2) is 59.5 Å². The fourth-order valence-electron chi connectivity index (χ4n) is 3.96. The molecule has 0 spiro atoms. The van der Waals surface area contributed by atoms with Crippen LogP contribution in [-0.4, -0.2) is 10.3 Å². The molecular formula is C24H23N5O. The SMILES string of the molecule is Cn1ccc(C(=N)c2cc(NC3CCCc4cc(C#N)ccc43)ccc2N)cc1=O. The molecule has 1 aromatic heterocycles. The van der Waals surface area contributed by atoms with Crippen molar-refractivity contribution >= 4 is 17.1 Å². The van der Waals surface area contributed by atoms with Crippen molar-refractivity contribution in [2.75, 3.05) is 11.1 Å². The van der Waals surface area contributed by atoms with E-state index in [2.05, 4.69) is 11.4 Å². The van der Waals surface area contributed by atoms with Gasteiger partial charge in [-0.1, -0.05) is 6.07 Å². The molecule has 0 fully saturated rings. The molecule has 2 aromatic carbocycles. The Labute approximate surface area is 175 Å². The minimum atomic E-state index is -0.166. The van der Waals surface area contributed by atoms with Crippen LogP contribution < -0.4 is 16.6 Å². The van der Waals surface area contributed by atoms with E-state index in [9.17, 15) is 4.79 Å². The van der Waals surface area contributed by atoms with Gasteiger partial charge in [0, 0.05) is 41.8 Å². The standard InChI is InChI=1S/C24H23N5O/c1-29-10-9-17(12-23(29)30)24(27)20-13-18(6-8-21(20)26)28-22-4-2-3-16-11-15(14-25)5-7-19(16)22/h5-13,22,27-28H,2-4,26H2,1H3. The molecule has 0 radical (unpaired) electrons. The molecule has 0 saturated carbocycles. The second-order valence-corrected chi connectivity index (χ2v) is 7.66. The molecular weight excluding hydrogens is 374 g/mol. The van der Waals surface area contributed by atoms with E-state index in [-0.39, 0.29) is 17.3 Å². The first-order chi connectivity index (χ1) is 14.5. The molecule has 4 rings (SSSR count). The Bertz CT molecular complexity index is 1240. The van der Waals surface area contributed by atoms with Crippen molar-refractivity contribution in [1.82, 2.24) is 4.57 Å². The third-order valence-corrected chi connectivity index (χ3v) is 5.64. The van der Waals surface area contributed by atoms with E-state index in [4.69, 9.17) is 16.4 Å². The van der Waals surface area contributed by atoms with Crippen LogP contribution in [0, 0.1) is 16.7 Å². The summed E-state index contributed by atoms with van der Waals surface area (Å²) in [6, 6.07) is 17.0. The summed E-state index contributed by atoms with van der Waals surface area (Å²) in [5.41, 5.74) is 11.8. The number of nitriles is 1. The smallest absolute Gasteiger partial charge is 0.250 e. The molecule has 0 bridgehead atoms. The van der Waals surface area contributed by atoms with Gasteiger partial charge in [-0.15, -0.1) is 0 Å². The highest BCUT2D eigenvalue weighted by Gasteiger charge is 2.21. The quantitative estimate of drug-likeness (QED) is 0.460. The van der Waals surface area contributed by atoms with Crippen LogP contribution in [0.25, 0.3) is 0 Å². The lowest BCUT2D eigenvalue weighted by atomic mass is 9.86. The average molecular weight is 397 g/mol. The summed E-state index contributed by atoms with van der Waals surface area (Å²) in [6.07, 6.45) is 4.66. The maximum atomic E-state index is 12.0. The summed E-state index contributed by atoms with van der Waals surface area (Å²) in [5.74, 6) is 0. The number of pyridine rings is 1. The maximum Gasteiger partial charge on any atom is 0.250 e. The average Bonchev–Trinajstić information content (AvgIpc) is 2.76.